The van der Waals surface area contributed by atoms with Gasteiger partial charge in [-0.2, -0.15) is 0 Å². The lowest BCUT2D eigenvalue weighted by Crippen LogP contribution is -2.15. The third-order valence-electron chi connectivity index (χ3n) is 2.62. The summed E-state index contributed by atoms with van der Waals surface area (Å²) in [7, 11) is -4.10. The van der Waals surface area contributed by atoms with Crippen LogP contribution in [0.2, 0.25) is 0 Å². The van der Waals surface area contributed by atoms with Gasteiger partial charge in [-0.1, -0.05) is 0 Å². The summed E-state index contributed by atoms with van der Waals surface area (Å²) in [6, 6.07) is 6.37. The van der Waals surface area contributed by atoms with Gasteiger partial charge in [-0.05, 0) is 31.2 Å². The Hall–Kier alpha value is -2.68. The molecule has 1 heterocycles. The second-order valence-electron chi connectivity index (χ2n) is 4.28. The van der Waals surface area contributed by atoms with Crippen LogP contribution in [0, 0.1) is 17.0 Å². The van der Waals surface area contributed by atoms with Crippen LogP contribution in [0.3, 0.4) is 0 Å². The molecule has 0 atom stereocenters. The van der Waals surface area contributed by atoms with Gasteiger partial charge in [0, 0.05) is 23.6 Å². The molecular formula is C12H12N4O4S. The van der Waals surface area contributed by atoms with Gasteiger partial charge in [0.1, 0.15) is 0 Å². The Morgan fingerprint density at radius 1 is 1.29 bits per heavy atom. The number of nitro groups is 1. The van der Waals surface area contributed by atoms with Gasteiger partial charge in [-0.3, -0.25) is 19.8 Å². The maximum absolute atomic E-state index is 12.3. The van der Waals surface area contributed by atoms with Crippen molar-refractivity contribution in [1.82, 2.24) is 4.98 Å². The second kappa shape index (κ2) is 5.37. The van der Waals surface area contributed by atoms with Crippen LogP contribution in [0.15, 0.2) is 41.4 Å². The summed E-state index contributed by atoms with van der Waals surface area (Å²) in [5, 5.41) is 11.0. The number of rotatable bonds is 4. The zero-order chi connectivity index (χ0) is 15.6. The molecule has 2 rings (SSSR count). The van der Waals surface area contributed by atoms with Crippen molar-refractivity contribution < 1.29 is 13.3 Å². The average molecular weight is 308 g/mol. The quantitative estimate of drug-likeness (QED) is 0.502. The summed E-state index contributed by atoms with van der Waals surface area (Å²) < 4.78 is 26.8. The van der Waals surface area contributed by atoms with Crippen molar-refractivity contribution in [1.29, 1.82) is 0 Å². The van der Waals surface area contributed by atoms with E-state index in [2.05, 4.69) is 9.71 Å². The highest BCUT2D eigenvalue weighted by Crippen LogP contribution is 2.27. The van der Waals surface area contributed by atoms with Crippen LogP contribution in [0.1, 0.15) is 5.69 Å². The molecule has 8 nitrogen and oxygen atoms in total. The van der Waals surface area contributed by atoms with E-state index in [0.717, 1.165) is 12.1 Å². The van der Waals surface area contributed by atoms with Crippen LogP contribution in [0.25, 0.3) is 0 Å². The zero-order valence-corrected chi connectivity index (χ0v) is 11.8. The fourth-order valence-corrected chi connectivity index (χ4v) is 2.93. The lowest BCUT2D eigenvalue weighted by Gasteiger charge is -2.09. The number of aryl methyl sites for hydroxylation is 1. The maximum Gasteiger partial charge on any atom is 0.291 e. The van der Waals surface area contributed by atoms with E-state index in [4.69, 9.17) is 5.73 Å². The SMILES string of the molecule is Cc1cc(NS(=O)(=O)c2ccc(N)cc2[N+](=O)[O-])ccn1. The molecule has 0 saturated carbocycles. The minimum absolute atomic E-state index is 0.111. The van der Waals surface area contributed by atoms with E-state index in [1.807, 2.05) is 0 Å². The molecule has 0 aliphatic carbocycles. The lowest BCUT2D eigenvalue weighted by molar-refractivity contribution is -0.387. The third kappa shape index (κ3) is 3.26. The number of nitro benzene ring substituents is 1. The van der Waals surface area contributed by atoms with Gasteiger partial charge < -0.3 is 5.73 Å². The molecule has 0 spiro atoms. The van der Waals surface area contributed by atoms with Crippen LogP contribution >= 0.6 is 0 Å². The smallest absolute Gasteiger partial charge is 0.291 e. The van der Waals surface area contributed by atoms with Crippen molar-refractivity contribution in [3.63, 3.8) is 0 Å². The first-order chi connectivity index (χ1) is 9.79. The molecule has 0 bridgehead atoms. The average Bonchev–Trinajstić information content (AvgIpc) is 2.37. The Morgan fingerprint density at radius 3 is 2.62 bits per heavy atom. The van der Waals surface area contributed by atoms with Gasteiger partial charge in [-0.15, -0.1) is 0 Å². The second-order valence-corrected chi connectivity index (χ2v) is 5.93. The van der Waals surface area contributed by atoms with Gasteiger partial charge >= 0.3 is 0 Å². The Balaban J connectivity index is 2.47. The van der Waals surface area contributed by atoms with Crippen LogP contribution in [0.5, 0.6) is 0 Å². The predicted octanol–water partition coefficient (Wildman–Crippen LogP) is 1.68. The molecule has 0 aliphatic heterocycles. The molecule has 0 unspecified atom stereocenters. The van der Waals surface area contributed by atoms with E-state index in [1.165, 1.54) is 24.4 Å². The highest BCUT2D eigenvalue weighted by molar-refractivity contribution is 7.92. The number of anilines is 2. The van der Waals surface area contributed by atoms with Crippen LogP contribution in [-0.2, 0) is 10.0 Å². The van der Waals surface area contributed by atoms with Gasteiger partial charge in [0.25, 0.3) is 15.7 Å². The Kier molecular flexibility index (Phi) is 3.76. The van der Waals surface area contributed by atoms with Crippen molar-refractivity contribution in [2.45, 2.75) is 11.8 Å². The molecule has 0 aliphatic rings. The van der Waals surface area contributed by atoms with Gasteiger partial charge in [0.05, 0.1) is 10.6 Å². The molecule has 3 N–H and O–H groups in total. The topological polar surface area (TPSA) is 128 Å². The number of sulfonamides is 1. The summed E-state index contributed by atoms with van der Waals surface area (Å²) in [6.07, 6.45) is 1.44. The fourth-order valence-electron chi connectivity index (χ4n) is 1.72. The number of hydrogen-bond acceptors (Lipinski definition) is 6. The highest BCUT2D eigenvalue weighted by Gasteiger charge is 2.26. The largest absolute Gasteiger partial charge is 0.399 e. The van der Waals surface area contributed by atoms with Gasteiger partial charge in [0.15, 0.2) is 4.90 Å². The molecule has 21 heavy (non-hydrogen) atoms. The van der Waals surface area contributed by atoms with Crippen molar-refractivity contribution in [3.05, 3.63) is 52.3 Å². The minimum Gasteiger partial charge on any atom is -0.399 e. The van der Waals surface area contributed by atoms with E-state index < -0.39 is 25.5 Å². The van der Waals surface area contributed by atoms with Gasteiger partial charge in [0.2, 0.25) is 0 Å². The van der Waals surface area contributed by atoms with Crippen molar-refractivity contribution >= 4 is 27.1 Å². The highest BCUT2D eigenvalue weighted by atomic mass is 32.2. The Bertz CT molecular complexity index is 805. The third-order valence-corrected chi connectivity index (χ3v) is 4.05. The summed E-state index contributed by atoms with van der Waals surface area (Å²) in [5.74, 6) is 0. The first-order valence-electron chi connectivity index (χ1n) is 5.79. The minimum atomic E-state index is -4.10. The lowest BCUT2D eigenvalue weighted by atomic mass is 10.3. The number of nitrogens with zero attached hydrogens (tertiary/aromatic N) is 2. The first kappa shape index (κ1) is 14.7. The fraction of sp³-hybridized carbons (Fsp3) is 0.0833. The van der Waals surface area contributed by atoms with Gasteiger partial charge in [-0.25, -0.2) is 8.42 Å². The van der Waals surface area contributed by atoms with E-state index in [9.17, 15) is 18.5 Å². The number of nitrogen functional groups attached to an aromatic ring is 1. The molecular weight excluding hydrogens is 296 g/mol. The van der Waals surface area contributed by atoms with Crippen LogP contribution in [-0.4, -0.2) is 18.3 Å². The van der Waals surface area contributed by atoms with Crippen LogP contribution < -0.4 is 10.5 Å². The molecule has 2 aromatic rings. The zero-order valence-electron chi connectivity index (χ0n) is 11.0. The molecule has 0 radical (unpaired) electrons. The first-order valence-corrected chi connectivity index (χ1v) is 7.27. The number of nitrogens with one attached hydrogen (secondary N) is 1. The molecule has 0 saturated heterocycles. The Labute approximate surface area is 120 Å². The van der Waals surface area contributed by atoms with E-state index in [-0.39, 0.29) is 11.4 Å². The number of aromatic nitrogens is 1. The normalized spacial score (nSPS) is 11.1. The molecule has 0 amide bonds. The van der Waals surface area contributed by atoms with E-state index >= 15 is 0 Å². The maximum atomic E-state index is 12.3. The predicted molar refractivity (Wildman–Crippen MR) is 77.3 cm³/mol. The van der Waals surface area contributed by atoms with Crippen LogP contribution in [0.4, 0.5) is 17.1 Å². The monoisotopic (exact) mass is 308 g/mol. The molecule has 9 heteroatoms. The number of hydrogen-bond donors (Lipinski definition) is 2. The number of benzene rings is 1. The Morgan fingerprint density at radius 2 is 2.00 bits per heavy atom. The standard InChI is InChI=1S/C12H12N4O4S/c1-8-6-10(4-5-14-8)15-21(19,20)12-3-2-9(13)7-11(12)16(17)18/h2-7H,13H2,1H3,(H,14,15). The summed E-state index contributed by atoms with van der Waals surface area (Å²) in [6.45, 7) is 1.70. The number of pyridine rings is 1. The van der Waals surface area contributed by atoms with E-state index in [0.29, 0.717) is 5.69 Å². The summed E-state index contributed by atoms with van der Waals surface area (Å²) in [5.41, 5.74) is 5.87. The molecule has 1 aromatic heterocycles. The van der Waals surface area contributed by atoms with Crippen molar-refractivity contribution in [2.24, 2.45) is 0 Å². The van der Waals surface area contributed by atoms with Crippen molar-refractivity contribution in [3.8, 4) is 0 Å². The molecule has 1 aromatic carbocycles. The summed E-state index contributed by atoms with van der Waals surface area (Å²) in [4.78, 5) is 13.7. The van der Waals surface area contributed by atoms with Crippen molar-refractivity contribution in [2.75, 3.05) is 10.5 Å². The summed E-state index contributed by atoms with van der Waals surface area (Å²) >= 11 is 0. The van der Waals surface area contributed by atoms with E-state index in [1.54, 1.807) is 6.92 Å². The molecule has 0 fully saturated rings. The number of nitrogens with two attached hydrogens (primary N) is 1. The molecule has 110 valence electrons.